The van der Waals surface area contributed by atoms with Gasteiger partial charge in [-0.3, -0.25) is 4.98 Å². The third-order valence-corrected chi connectivity index (χ3v) is 4.60. The van der Waals surface area contributed by atoms with E-state index in [0.29, 0.717) is 17.7 Å². The second-order valence-electron chi connectivity index (χ2n) is 5.13. The molecule has 24 heavy (non-hydrogen) atoms. The van der Waals surface area contributed by atoms with Gasteiger partial charge in [0, 0.05) is 18.2 Å². The third-order valence-electron chi connectivity index (χ3n) is 3.57. The van der Waals surface area contributed by atoms with Gasteiger partial charge in [-0.1, -0.05) is 17.4 Å². The zero-order chi connectivity index (χ0) is 16.4. The maximum atomic E-state index is 9.46. The van der Waals surface area contributed by atoms with Crippen LogP contribution in [0.3, 0.4) is 0 Å². The first-order valence-corrected chi connectivity index (χ1v) is 8.10. The van der Waals surface area contributed by atoms with Gasteiger partial charge in [0.05, 0.1) is 24.0 Å². The van der Waals surface area contributed by atoms with Gasteiger partial charge >= 0.3 is 0 Å². The van der Waals surface area contributed by atoms with Gasteiger partial charge in [0.2, 0.25) is 0 Å². The number of nitriles is 1. The maximum absolute atomic E-state index is 9.46. The second-order valence-corrected chi connectivity index (χ2v) is 6.11. The molecule has 0 saturated carbocycles. The summed E-state index contributed by atoms with van der Waals surface area (Å²) in [6, 6.07) is 5.86. The standard InChI is InChI=1S/C17H11N5OS/c18-7-12-6-11(16-22-14-9-20-10-21-17(14)24-16)3-4-15(12)23-13-2-1-5-19-8-13/h1-3,5-6,8-10,15H,4H2. The van der Waals surface area contributed by atoms with E-state index in [-0.39, 0.29) is 6.10 Å². The molecule has 0 saturated heterocycles. The first-order valence-electron chi connectivity index (χ1n) is 7.29. The number of hydrogen-bond donors (Lipinski definition) is 0. The van der Waals surface area contributed by atoms with Crippen molar-refractivity contribution < 1.29 is 4.74 Å². The number of rotatable bonds is 3. The van der Waals surface area contributed by atoms with E-state index < -0.39 is 0 Å². The molecule has 3 aromatic heterocycles. The Labute approximate surface area is 141 Å². The highest BCUT2D eigenvalue weighted by atomic mass is 32.1. The monoisotopic (exact) mass is 333 g/mol. The van der Waals surface area contributed by atoms with Crippen molar-refractivity contribution in [2.75, 3.05) is 0 Å². The van der Waals surface area contributed by atoms with E-state index in [1.807, 2.05) is 18.2 Å². The van der Waals surface area contributed by atoms with Crippen molar-refractivity contribution in [3.05, 3.63) is 59.8 Å². The maximum Gasteiger partial charge on any atom is 0.147 e. The number of thiazole rings is 1. The van der Waals surface area contributed by atoms with Crippen molar-refractivity contribution in [1.29, 1.82) is 5.26 Å². The van der Waals surface area contributed by atoms with E-state index in [9.17, 15) is 5.26 Å². The molecule has 3 heterocycles. The van der Waals surface area contributed by atoms with Crippen LogP contribution >= 0.6 is 11.3 Å². The van der Waals surface area contributed by atoms with Crippen LogP contribution in [0.1, 0.15) is 11.4 Å². The number of ether oxygens (including phenoxy) is 1. The molecule has 0 N–H and O–H groups in total. The van der Waals surface area contributed by atoms with E-state index in [2.05, 4.69) is 26.0 Å². The Morgan fingerprint density at radius 2 is 2.25 bits per heavy atom. The Morgan fingerprint density at radius 3 is 3.04 bits per heavy atom. The van der Waals surface area contributed by atoms with Gasteiger partial charge in [0.15, 0.2) is 0 Å². The fraction of sp³-hybridized carbons (Fsp3) is 0.118. The SMILES string of the molecule is N#CC1=CC(c2nc3cncnc3s2)=CCC1Oc1cccnc1. The summed E-state index contributed by atoms with van der Waals surface area (Å²) < 4.78 is 5.86. The summed E-state index contributed by atoms with van der Waals surface area (Å²) in [5, 5.41) is 10.3. The number of pyridine rings is 1. The summed E-state index contributed by atoms with van der Waals surface area (Å²) in [6.45, 7) is 0. The van der Waals surface area contributed by atoms with Crippen molar-refractivity contribution in [3.63, 3.8) is 0 Å². The quantitative estimate of drug-likeness (QED) is 0.732. The number of aromatic nitrogens is 4. The number of allylic oxidation sites excluding steroid dienone is 2. The van der Waals surface area contributed by atoms with Gasteiger partial charge < -0.3 is 4.74 Å². The molecule has 1 aliphatic carbocycles. The van der Waals surface area contributed by atoms with Crippen molar-refractivity contribution in [2.24, 2.45) is 0 Å². The average molecular weight is 333 g/mol. The minimum Gasteiger partial charge on any atom is -0.483 e. The first kappa shape index (κ1) is 14.5. The van der Waals surface area contributed by atoms with Gasteiger partial charge in [-0.25, -0.2) is 15.0 Å². The molecule has 116 valence electrons. The smallest absolute Gasteiger partial charge is 0.147 e. The lowest BCUT2D eigenvalue weighted by molar-refractivity contribution is 0.243. The van der Waals surface area contributed by atoms with Crippen molar-refractivity contribution >= 4 is 27.3 Å². The minimum absolute atomic E-state index is 0.308. The highest BCUT2D eigenvalue weighted by Gasteiger charge is 2.22. The molecule has 0 radical (unpaired) electrons. The van der Waals surface area contributed by atoms with Crippen LogP contribution in [0, 0.1) is 11.3 Å². The molecule has 0 bridgehead atoms. The molecular weight excluding hydrogens is 322 g/mol. The van der Waals surface area contributed by atoms with E-state index in [1.54, 1.807) is 24.7 Å². The zero-order valence-corrected chi connectivity index (χ0v) is 13.3. The van der Waals surface area contributed by atoms with Gasteiger partial charge in [-0.05, 0) is 18.2 Å². The lowest BCUT2D eigenvalue weighted by Gasteiger charge is -2.20. The molecule has 0 aromatic carbocycles. The number of hydrogen-bond acceptors (Lipinski definition) is 7. The molecule has 0 amide bonds. The fourth-order valence-electron chi connectivity index (χ4n) is 2.44. The van der Waals surface area contributed by atoms with Crippen LogP contribution in [0.5, 0.6) is 5.75 Å². The van der Waals surface area contributed by atoms with E-state index in [1.165, 1.54) is 17.7 Å². The normalized spacial score (nSPS) is 17.0. The molecule has 0 spiro atoms. The van der Waals surface area contributed by atoms with Gasteiger partial charge in [-0.2, -0.15) is 5.26 Å². The summed E-state index contributed by atoms with van der Waals surface area (Å²) >= 11 is 1.49. The Bertz CT molecular complexity index is 954. The molecule has 0 aliphatic heterocycles. The van der Waals surface area contributed by atoms with Crippen LogP contribution in [0.25, 0.3) is 15.9 Å². The largest absolute Gasteiger partial charge is 0.483 e. The topological polar surface area (TPSA) is 84.6 Å². The van der Waals surface area contributed by atoms with E-state index >= 15 is 0 Å². The Balaban J connectivity index is 1.61. The lowest BCUT2D eigenvalue weighted by atomic mass is 9.97. The Kier molecular flexibility index (Phi) is 3.73. The molecule has 0 fully saturated rings. The molecule has 6 nitrogen and oxygen atoms in total. The van der Waals surface area contributed by atoms with Crippen LogP contribution < -0.4 is 4.74 Å². The van der Waals surface area contributed by atoms with Crippen molar-refractivity contribution in [2.45, 2.75) is 12.5 Å². The van der Waals surface area contributed by atoms with Crippen LogP contribution in [0.2, 0.25) is 0 Å². The average Bonchev–Trinajstić information content (AvgIpc) is 3.07. The minimum atomic E-state index is -0.308. The summed E-state index contributed by atoms with van der Waals surface area (Å²) in [7, 11) is 0. The van der Waals surface area contributed by atoms with Crippen LogP contribution in [-0.4, -0.2) is 26.0 Å². The van der Waals surface area contributed by atoms with Crippen molar-refractivity contribution in [1.82, 2.24) is 19.9 Å². The van der Waals surface area contributed by atoms with Gasteiger partial charge in [0.1, 0.15) is 33.5 Å². The zero-order valence-electron chi connectivity index (χ0n) is 12.5. The first-order chi connectivity index (χ1) is 11.8. The van der Waals surface area contributed by atoms with Crippen LogP contribution in [-0.2, 0) is 0 Å². The molecule has 4 rings (SSSR count). The molecule has 1 unspecified atom stereocenters. The van der Waals surface area contributed by atoms with E-state index in [0.717, 1.165) is 20.9 Å². The molecule has 1 aliphatic rings. The van der Waals surface area contributed by atoms with Gasteiger partial charge in [0.25, 0.3) is 0 Å². The molecular formula is C17H11N5OS. The Morgan fingerprint density at radius 1 is 1.29 bits per heavy atom. The number of fused-ring (bicyclic) bond motifs is 1. The summed E-state index contributed by atoms with van der Waals surface area (Å²) in [5.41, 5.74) is 2.25. The predicted molar refractivity (Wildman–Crippen MR) is 90.2 cm³/mol. The fourth-order valence-corrected chi connectivity index (χ4v) is 3.33. The lowest BCUT2D eigenvalue weighted by Crippen LogP contribution is -2.20. The molecule has 3 aromatic rings. The second kappa shape index (κ2) is 6.18. The highest BCUT2D eigenvalue weighted by molar-refractivity contribution is 7.19. The van der Waals surface area contributed by atoms with Crippen LogP contribution in [0.4, 0.5) is 0 Å². The predicted octanol–water partition coefficient (Wildman–Crippen LogP) is 3.17. The summed E-state index contributed by atoms with van der Waals surface area (Å²) in [5.74, 6) is 0.649. The number of nitrogens with zero attached hydrogens (tertiary/aromatic N) is 5. The highest BCUT2D eigenvalue weighted by Crippen LogP contribution is 2.31. The Hall–Kier alpha value is -3.11. The van der Waals surface area contributed by atoms with Gasteiger partial charge in [-0.15, -0.1) is 0 Å². The molecule has 7 heteroatoms. The van der Waals surface area contributed by atoms with Crippen LogP contribution in [0.15, 0.2) is 54.8 Å². The summed E-state index contributed by atoms with van der Waals surface area (Å²) in [4.78, 5) is 17.6. The van der Waals surface area contributed by atoms with Crippen molar-refractivity contribution in [3.8, 4) is 11.8 Å². The molecule has 1 atom stereocenters. The van der Waals surface area contributed by atoms with E-state index in [4.69, 9.17) is 4.74 Å². The summed E-state index contributed by atoms with van der Waals surface area (Å²) in [6.07, 6.45) is 10.7. The third kappa shape index (κ3) is 2.75.